The molecule has 5 heteroatoms. The molecule has 27 heavy (non-hydrogen) atoms. The summed E-state index contributed by atoms with van der Waals surface area (Å²) in [5.41, 5.74) is 2.71. The molecule has 0 saturated carbocycles. The Bertz CT molecular complexity index is 871. The molecule has 4 rings (SSSR count). The number of ketones is 1. The van der Waals surface area contributed by atoms with Gasteiger partial charge in [-0.25, -0.2) is 0 Å². The second-order valence-corrected chi connectivity index (χ2v) is 7.42. The number of Topliss-reactive ketones (excluding diaryl/α,β-unsaturated/α-hetero) is 1. The van der Waals surface area contributed by atoms with Crippen LogP contribution >= 0.6 is 0 Å². The predicted octanol–water partition coefficient (Wildman–Crippen LogP) is 3.09. The zero-order chi connectivity index (χ0) is 18.8. The Balaban J connectivity index is 1.64. The van der Waals surface area contributed by atoms with Crippen LogP contribution in [0.25, 0.3) is 10.8 Å². The van der Waals surface area contributed by atoms with Gasteiger partial charge in [-0.05, 0) is 48.9 Å². The van der Waals surface area contributed by atoms with Gasteiger partial charge in [-0.1, -0.05) is 24.6 Å². The average Bonchev–Trinajstić information content (AvgIpc) is 2.98. The largest absolute Gasteiger partial charge is 0.385 e. The van der Waals surface area contributed by atoms with E-state index in [1.54, 1.807) is 7.11 Å². The number of anilines is 1. The fraction of sp³-hybridized carbons (Fsp3) is 0.455. The number of nitrogens with one attached hydrogen (secondary N) is 1. The fourth-order valence-electron chi connectivity index (χ4n) is 4.29. The van der Waals surface area contributed by atoms with Crippen LogP contribution in [0.2, 0.25) is 0 Å². The summed E-state index contributed by atoms with van der Waals surface area (Å²) in [6.07, 6.45) is 4.39. The van der Waals surface area contributed by atoms with Gasteiger partial charge in [0.15, 0.2) is 5.78 Å². The molecule has 1 saturated heterocycles. The molecule has 1 unspecified atom stereocenters. The first-order valence-electron chi connectivity index (χ1n) is 9.82. The monoisotopic (exact) mass is 366 g/mol. The molecule has 0 aliphatic carbocycles. The number of carbonyl (C=O) groups is 2. The van der Waals surface area contributed by atoms with E-state index in [9.17, 15) is 9.59 Å². The van der Waals surface area contributed by atoms with Crippen molar-refractivity contribution >= 4 is 28.2 Å². The van der Waals surface area contributed by atoms with Gasteiger partial charge in [0.25, 0.3) is 5.91 Å². The van der Waals surface area contributed by atoms with Crippen LogP contribution < -0.4 is 10.2 Å². The van der Waals surface area contributed by atoms with Crippen LogP contribution in [0.3, 0.4) is 0 Å². The standard InChI is InChI=1S/C22H26N2O3/c1-27-13-5-12-24-19-10-9-15(14-20(25)18-8-2-3-11-23-18)16-6-4-7-17(21(16)19)22(24)26/h4,6-7,9-10,18,23H,2-3,5,8,11-14H2,1H3. The maximum Gasteiger partial charge on any atom is 0.258 e. The zero-order valence-electron chi connectivity index (χ0n) is 15.8. The molecule has 2 aromatic carbocycles. The highest BCUT2D eigenvalue weighted by Crippen LogP contribution is 2.39. The molecular formula is C22H26N2O3. The van der Waals surface area contributed by atoms with Gasteiger partial charge < -0.3 is 15.0 Å². The molecule has 0 bridgehead atoms. The third-order valence-electron chi connectivity index (χ3n) is 5.67. The lowest BCUT2D eigenvalue weighted by molar-refractivity contribution is -0.120. The first-order chi connectivity index (χ1) is 13.2. The Labute approximate surface area is 159 Å². The molecule has 0 aromatic heterocycles. The number of methoxy groups -OCH3 is 1. The van der Waals surface area contributed by atoms with Crippen LogP contribution in [0.4, 0.5) is 5.69 Å². The number of hydrogen-bond acceptors (Lipinski definition) is 4. The minimum absolute atomic E-state index is 0.0334. The number of hydrogen-bond donors (Lipinski definition) is 1. The molecule has 1 amide bonds. The van der Waals surface area contributed by atoms with Gasteiger partial charge in [0.05, 0.1) is 11.7 Å². The van der Waals surface area contributed by atoms with Gasteiger partial charge >= 0.3 is 0 Å². The lowest BCUT2D eigenvalue weighted by Gasteiger charge is -2.22. The van der Waals surface area contributed by atoms with E-state index in [0.717, 1.165) is 59.8 Å². The van der Waals surface area contributed by atoms with E-state index in [2.05, 4.69) is 5.32 Å². The molecule has 142 valence electrons. The van der Waals surface area contributed by atoms with Gasteiger partial charge in [-0.2, -0.15) is 0 Å². The number of nitrogens with zero attached hydrogens (tertiary/aromatic N) is 1. The molecule has 0 spiro atoms. The topological polar surface area (TPSA) is 58.6 Å². The molecule has 2 aromatic rings. The molecule has 2 aliphatic heterocycles. The SMILES string of the molecule is COCCCN1C(=O)c2cccc3c(CC(=O)C4CCCCN4)ccc1c23. The Morgan fingerprint density at radius 2 is 2.15 bits per heavy atom. The summed E-state index contributed by atoms with van der Waals surface area (Å²) < 4.78 is 5.13. The summed E-state index contributed by atoms with van der Waals surface area (Å²) in [6, 6.07) is 9.83. The minimum atomic E-state index is -0.0334. The van der Waals surface area contributed by atoms with E-state index >= 15 is 0 Å². The van der Waals surface area contributed by atoms with Crippen LogP contribution in [0.15, 0.2) is 30.3 Å². The lowest BCUT2D eigenvalue weighted by atomic mass is 9.93. The number of ether oxygens (including phenoxy) is 1. The van der Waals surface area contributed by atoms with Crippen molar-refractivity contribution in [2.45, 2.75) is 38.1 Å². The van der Waals surface area contributed by atoms with Gasteiger partial charge in [-0.15, -0.1) is 0 Å². The van der Waals surface area contributed by atoms with Gasteiger partial charge in [0.1, 0.15) is 0 Å². The summed E-state index contributed by atoms with van der Waals surface area (Å²) in [5, 5.41) is 5.35. The third kappa shape index (κ3) is 3.37. The van der Waals surface area contributed by atoms with Crippen molar-refractivity contribution in [2.75, 3.05) is 31.7 Å². The maximum absolute atomic E-state index is 12.9. The highest BCUT2D eigenvalue weighted by molar-refractivity contribution is 6.25. The van der Waals surface area contributed by atoms with E-state index in [1.807, 2.05) is 35.2 Å². The summed E-state index contributed by atoms with van der Waals surface area (Å²) in [7, 11) is 1.67. The van der Waals surface area contributed by atoms with Gasteiger partial charge in [0.2, 0.25) is 0 Å². The highest BCUT2D eigenvalue weighted by Gasteiger charge is 2.30. The van der Waals surface area contributed by atoms with Crippen LogP contribution in [0.5, 0.6) is 0 Å². The number of piperidine rings is 1. The summed E-state index contributed by atoms with van der Waals surface area (Å²) in [4.78, 5) is 27.4. The highest BCUT2D eigenvalue weighted by atomic mass is 16.5. The number of amides is 1. The molecule has 1 N–H and O–H groups in total. The van der Waals surface area contributed by atoms with Crippen molar-refractivity contribution in [2.24, 2.45) is 0 Å². The Kier molecular flexibility index (Phi) is 5.23. The fourth-order valence-corrected chi connectivity index (χ4v) is 4.29. The average molecular weight is 366 g/mol. The van der Waals surface area contributed by atoms with Gasteiger partial charge in [-0.3, -0.25) is 9.59 Å². The molecule has 1 atom stereocenters. The van der Waals surface area contributed by atoms with Crippen LogP contribution in [0.1, 0.15) is 41.6 Å². The summed E-state index contributed by atoms with van der Waals surface area (Å²) in [6.45, 7) is 2.19. The molecule has 2 aliphatic rings. The Hall–Kier alpha value is -2.24. The normalized spacial score (nSPS) is 19.1. The second kappa shape index (κ2) is 7.79. The van der Waals surface area contributed by atoms with Crippen molar-refractivity contribution < 1.29 is 14.3 Å². The smallest absolute Gasteiger partial charge is 0.258 e. The first kappa shape index (κ1) is 18.1. The minimum Gasteiger partial charge on any atom is -0.385 e. The van der Waals surface area contributed by atoms with Crippen molar-refractivity contribution in [3.63, 3.8) is 0 Å². The second-order valence-electron chi connectivity index (χ2n) is 7.42. The molecule has 0 radical (unpaired) electrons. The number of benzene rings is 2. The molecular weight excluding hydrogens is 340 g/mol. The molecule has 2 heterocycles. The Morgan fingerprint density at radius 1 is 1.26 bits per heavy atom. The maximum atomic E-state index is 12.9. The molecule has 1 fully saturated rings. The summed E-state index contributed by atoms with van der Waals surface area (Å²) >= 11 is 0. The van der Waals surface area contributed by atoms with Crippen molar-refractivity contribution in [3.05, 3.63) is 41.5 Å². The van der Waals surface area contributed by atoms with E-state index in [1.165, 1.54) is 0 Å². The lowest BCUT2D eigenvalue weighted by Crippen LogP contribution is -2.41. The van der Waals surface area contributed by atoms with Crippen LogP contribution in [-0.2, 0) is 16.0 Å². The zero-order valence-corrected chi connectivity index (χ0v) is 15.8. The van der Waals surface area contributed by atoms with Crippen LogP contribution in [0, 0.1) is 0 Å². The molecule has 5 nitrogen and oxygen atoms in total. The van der Waals surface area contributed by atoms with Gasteiger partial charge in [0, 0.05) is 37.6 Å². The van der Waals surface area contributed by atoms with Crippen molar-refractivity contribution in [1.29, 1.82) is 0 Å². The Morgan fingerprint density at radius 3 is 2.93 bits per heavy atom. The predicted molar refractivity (Wildman–Crippen MR) is 106 cm³/mol. The number of rotatable bonds is 7. The van der Waals surface area contributed by atoms with E-state index in [0.29, 0.717) is 19.6 Å². The van der Waals surface area contributed by atoms with E-state index in [4.69, 9.17) is 4.74 Å². The quantitative estimate of drug-likeness (QED) is 0.765. The van der Waals surface area contributed by atoms with E-state index in [-0.39, 0.29) is 17.7 Å². The first-order valence-corrected chi connectivity index (χ1v) is 9.82. The summed E-state index contributed by atoms with van der Waals surface area (Å²) in [5.74, 6) is 0.292. The van der Waals surface area contributed by atoms with Crippen molar-refractivity contribution in [1.82, 2.24) is 5.32 Å². The van der Waals surface area contributed by atoms with Crippen LogP contribution in [-0.4, -0.2) is 44.5 Å². The number of carbonyl (C=O) groups excluding carboxylic acids is 2. The third-order valence-corrected chi connectivity index (χ3v) is 5.67. The van der Waals surface area contributed by atoms with E-state index < -0.39 is 0 Å². The van der Waals surface area contributed by atoms with Crippen molar-refractivity contribution in [3.8, 4) is 0 Å².